The van der Waals surface area contributed by atoms with E-state index in [9.17, 15) is 4.57 Å². The molecule has 0 heterocycles. The summed E-state index contributed by atoms with van der Waals surface area (Å²) in [5, 5.41) is 0. The maximum Gasteiger partial charge on any atom is 0.399 e. The third-order valence-corrected chi connectivity index (χ3v) is 6.82. The fourth-order valence-electron chi connectivity index (χ4n) is 1.49. The molecule has 0 amide bonds. The van der Waals surface area contributed by atoms with E-state index >= 15 is 0 Å². The molecule has 0 aromatic carbocycles. The number of thiol groups is 1. The van der Waals surface area contributed by atoms with Crippen molar-refractivity contribution in [3.05, 3.63) is 0 Å². The first-order valence-corrected chi connectivity index (χ1v) is 10.9. The summed E-state index contributed by atoms with van der Waals surface area (Å²) in [5.74, 6) is 0. The first-order valence-electron chi connectivity index (χ1n) is 6.90. The molecule has 110 valence electrons. The van der Waals surface area contributed by atoms with Gasteiger partial charge in [0.2, 0.25) is 0 Å². The van der Waals surface area contributed by atoms with Gasteiger partial charge in [0.1, 0.15) is 0 Å². The molecule has 18 heavy (non-hydrogen) atoms. The molecular formula is C12H27O3PS2. The molecule has 0 saturated carbocycles. The number of unbranched alkanes of at least 4 members (excludes halogenated alkanes) is 6. The summed E-state index contributed by atoms with van der Waals surface area (Å²) in [4.78, 5) is 0. The summed E-state index contributed by atoms with van der Waals surface area (Å²) in [6.45, 7) is 2.31. The van der Waals surface area contributed by atoms with E-state index in [2.05, 4.69) is 25.5 Å². The van der Waals surface area contributed by atoms with Gasteiger partial charge in [-0.05, 0) is 12.8 Å². The van der Waals surface area contributed by atoms with Crippen LogP contribution in [0.5, 0.6) is 0 Å². The van der Waals surface area contributed by atoms with Crippen molar-refractivity contribution < 1.29 is 13.6 Å². The highest BCUT2D eigenvalue weighted by atomic mass is 33.3. The maximum absolute atomic E-state index is 12.1. The smallest absolute Gasteiger partial charge is 0.300 e. The standard InChI is InChI=1S/C12H27O3PS2/c1-3-5-7-9-11-14-16(13,18-17)15-12-10-8-6-4-2/h17H,3-12H2,1-2H3. The quantitative estimate of drug-likeness (QED) is 0.200. The molecule has 0 N–H and O–H groups in total. The van der Waals surface area contributed by atoms with Gasteiger partial charge >= 0.3 is 6.80 Å². The molecule has 0 atom stereocenters. The van der Waals surface area contributed by atoms with Gasteiger partial charge in [0.15, 0.2) is 0 Å². The maximum atomic E-state index is 12.1. The van der Waals surface area contributed by atoms with E-state index in [0.717, 1.165) is 36.1 Å². The molecule has 0 unspecified atom stereocenters. The van der Waals surface area contributed by atoms with Crippen LogP contribution in [0.1, 0.15) is 65.2 Å². The van der Waals surface area contributed by atoms with Gasteiger partial charge in [0.05, 0.1) is 13.2 Å². The Morgan fingerprint density at radius 1 is 0.889 bits per heavy atom. The third kappa shape index (κ3) is 10.7. The molecule has 0 radical (unpaired) electrons. The Balaban J connectivity index is 3.64. The monoisotopic (exact) mass is 314 g/mol. The van der Waals surface area contributed by atoms with E-state index < -0.39 is 6.80 Å². The second kappa shape index (κ2) is 12.9. The van der Waals surface area contributed by atoms with E-state index in [1.807, 2.05) is 0 Å². The Bertz CT molecular complexity index is 209. The Labute approximate surface area is 121 Å². The summed E-state index contributed by atoms with van der Waals surface area (Å²) in [7, 11) is 0.905. The zero-order chi connectivity index (χ0) is 13.7. The van der Waals surface area contributed by atoms with E-state index in [-0.39, 0.29) is 0 Å². The third-order valence-electron chi connectivity index (χ3n) is 2.59. The fraction of sp³-hybridized carbons (Fsp3) is 1.00. The topological polar surface area (TPSA) is 35.5 Å². The Morgan fingerprint density at radius 3 is 1.67 bits per heavy atom. The van der Waals surface area contributed by atoms with Crippen LogP contribution in [0, 0.1) is 0 Å². The van der Waals surface area contributed by atoms with Crippen LogP contribution in [0.4, 0.5) is 0 Å². The van der Waals surface area contributed by atoms with Crippen LogP contribution in [0.15, 0.2) is 0 Å². The fourth-order valence-corrected chi connectivity index (χ4v) is 3.95. The molecule has 0 saturated heterocycles. The summed E-state index contributed by atoms with van der Waals surface area (Å²) >= 11 is 3.99. The number of hydrogen-bond donors (Lipinski definition) is 1. The Kier molecular flexibility index (Phi) is 13.5. The van der Waals surface area contributed by atoms with E-state index in [0.29, 0.717) is 13.2 Å². The summed E-state index contributed by atoms with van der Waals surface area (Å²) < 4.78 is 22.8. The minimum atomic E-state index is -3.02. The average Bonchev–Trinajstić information content (AvgIpc) is 2.38. The van der Waals surface area contributed by atoms with Crippen molar-refractivity contribution in [2.45, 2.75) is 65.2 Å². The molecule has 0 bridgehead atoms. The van der Waals surface area contributed by atoms with Gasteiger partial charge in [-0.2, -0.15) is 0 Å². The van der Waals surface area contributed by atoms with E-state index in [4.69, 9.17) is 9.05 Å². The van der Waals surface area contributed by atoms with Gasteiger partial charge in [-0.3, -0.25) is 0 Å². The molecule has 0 aromatic rings. The lowest BCUT2D eigenvalue weighted by molar-refractivity contribution is 0.213. The lowest BCUT2D eigenvalue weighted by atomic mass is 10.2. The average molecular weight is 314 g/mol. The highest BCUT2D eigenvalue weighted by Crippen LogP contribution is 2.62. The van der Waals surface area contributed by atoms with Crippen molar-refractivity contribution in [1.29, 1.82) is 0 Å². The van der Waals surface area contributed by atoms with Gasteiger partial charge in [0.25, 0.3) is 0 Å². The predicted octanol–water partition coefficient (Wildman–Crippen LogP) is 5.87. The normalized spacial score (nSPS) is 11.9. The van der Waals surface area contributed by atoms with Crippen molar-refractivity contribution >= 4 is 28.9 Å². The summed E-state index contributed by atoms with van der Waals surface area (Å²) in [6, 6.07) is 0. The second-order valence-electron chi connectivity index (χ2n) is 4.32. The number of hydrogen-bond acceptors (Lipinski definition) is 5. The van der Waals surface area contributed by atoms with Gasteiger partial charge < -0.3 is 9.05 Å². The first kappa shape index (κ1) is 18.9. The highest BCUT2D eigenvalue weighted by molar-refractivity contribution is 8.93. The largest absolute Gasteiger partial charge is 0.399 e. The molecule has 0 fully saturated rings. The molecule has 3 nitrogen and oxygen atoms in total. The molecule has 0 aliphatic heterocycles. The van der Waals surface area contributed by atoms with Crippen molar-refractivity contribution in [2.24, 2.45) is 0 Å². The van der Waals surface area contributed by atoms with Crippen LogP contribution in [0.3, 0.4) is 0 Å². The van der Waals surface area contributed by atoms with Crippen LogP contribution in [-0.4, -0.2) is 13.2 Å². The lowest BCUT2D eigenvalue weighted by Crippen LogP contribution is -1.96. The summed E-state index contributed by atoms with van der Waals surface area (Å²) in [5.41, 5.74) is 0. The van der Waals surface area contributed by atoms with Crippen molar-refractivity contribution in [3.8, 4) is 0 Å². The minimum Gasteiger partial charge on any atom is -0.300 e. The summed E-state index contributed by atoms with van der Waals surface area (Å²) in [6.07, 6.45) is 8.87. The van der Waals surface area contributed by atoms with Crippen LogP contribution in [0.2, 0.25) is 0 Å². The van der Waals surface area contributed by atoms with Crippen LogP contribution in [0.25, 0.3) is 0 Å². The lowest BCUT2D eigenvalue weighted by Gasteiger charge is -2.15. The second-order valence-corrected chi connectivity index (χ2v) is 9.19. The molecule has 6 heteroatoms. The van der Waals surface area contributed by atoms with Crippen LogP contribution >= 0.6 is 28.9 Å². The minimum absolute atomic E-state index is 0.500. The molecule has 0 aliphatic rings. The molecule has 0 rings (SSSR count). The van der Waals surface area contributed by atoms with Crippen molar-refractivity contribution in [2.75, 3.05) is 13.2 Å². The molecule has 0 aliphatic carbocycles. The Hall–Kier alpha value is 0.850. The van der Waals surface area contributed by atoms with Gasteiger partial charge in [0, 0.05) is 10.4 Å². The van der Waals surface area contributed by atoms with Crippen molar-refractivity contribution in [3.63, 3.8) is 0 Å². The van der Waals surface area contributed by atoms with E-state index in [1.54, 1.807) is 0 Å². The predicted molar refractivity (Wildman–Crippen MR) is 84.4 cm³/mol. The van der Waals surface area contributed by atoms with Crippen LogP contribution < -0.4 is 0 Å². The van der Waals surface area contributed by atoms with E-state index in [1.165, 1.54) is 25.7 Å². The zero-order valence-corrected chi connectivity index (χ0v) is 14.2. The number of rotatable bonds is 13. The zero-order valence-electron chi connectivity index (χ0n) is 11.6. The van der Waals surface area contributed by atoms with Gasteiger partial charge in [-0.25, -0.2) is 4.57 Å². The molecule has 0 aromatic heterocycles. The Morgan fingerprint density at radius 2 is 1.33 bits per heavy atom. The first-order chi connectivity index (χ1) is 8.68. The highest BCUT2D eigenvalue weighted by Gasteiger charge is 2.23. The molecular weight excluding hydrogens is 287 g/mol. The van der Waals surface area contributed by atoms with Crippen LogP contribution in [-0.2, 0) is 13.6 Å². The van der Waals surface area contributed by atoms with Gasteiger partial charge in [-0.15, -0.1) is 0 Å². The SMILES string of the molecule is CCCCCCOP(=O)(OCCCCCC)SS. The van der Waals surface area contributed by atoms with Gasteiger partial charge in [-0.1, -0.05) is 64.0 Å². The van der Waals surface area contributed by atoms with Crippen molar-refractivity contribution in [1.82, 2.24) is 0 Å². The molecule has 0 spiro atoms.